The van der Waals surface area contributed by atoms with Crippen molar-refractivity contribution in [2.75, 3.05) is 13.2 Å². The van der Waals surface area contributed by atoms with E-state index in [4.69, 9.17) is 4.74 Å². The van der Waals surface area contributed by atoms with Crippen LogP contribution >= 0.6 is 0 Å². The summed E-state index contributed by atoms with van der Waals surface area (Å²) in [6.07, 6.45) is 3.52. The Hall–Kier alpha value is -1.00. The van der Waals surface area contributed by atoms with Gasteiger partial charge in [-0.25, -0.2) is 8.78 Å². The zero-order valence-electron chi connectivity index (χ0n) is 11.3. The van der Waals surface area contributed by atoms with Crippen LogP contribution in [0.5, 0.6) is 0 Å². The zero-order chi connectivity index (χ0) is 13.7. The van der Waals surface area contributed by atoms with E-state index in [2.05, 4.69) is 5.32 Å². The molecule has 1 aliphatic rings. The van der Waals surface area contributed by atoms with Gasteiger partial charge in [0.25, 0.3) is 0 Å². The van der Waals surface area contributed by atoms with Crippen molar-refractivity contribution < 1.29 is 13.5 Å². The van der Waals surface area contributed by atoms with Gasteiger partial charge >= 0.3 is 0 Å². The van der Waals surface area contributed by atoms with Crippen LogP contribution in [0.3, 0.4) is 0 Å². The van der Waals surface area contributed by atoms with Gasteiger partial charge in [-0.05, 0) is 44.4 Å². The summed E-state index contributed by atoms with van der Waals surface area (Å²) in [4.78, 5) is 0. The van der Waals surface area contributed by atoms with Gasteiger partial charge in [-0.2, -0.15) is 0 Å². The highest BCUT2D eigenvalue weighted by Crippen LogP contribution is 2.21. The molecule has 0 aliphatic carbocycles. The summed E-state index contributed by atoms with van der Waals surface area (Å²) in [7, 11) is 0. The van der Waals surface area contributed by atoms with E-state index in [1.165, 1.54) is 18.2 Å². The number of ether oxygens (including phenoxy) is 1. The fourth-order valence-corrected chi connectivity index (χ4v) is 2.63. The van der Waals surface area contributed by atoms with Crippen LogP contribution in [0.15, 0.2) is 18.2 Å². The highest BCUT2D eigenvalue weighted by atomic mass is 19.1. The minimum atomic E-state index is -0.473. The normalized spacial score (nSPS) is 21.3. The lowest BCUT2D eigenvalue weighted by molar-refractivity contribution is -0.00738. The van der Waals surface area contributed by atoms with Gasteiger partial charge < -0.3 is 10.1 Å². The van der Waals surface area contributed by atoms with Gasteiger partial charge in [0.05, 0.1) is 6.10 Å². The third-order valence-corrected chi connectivity index (χ3v) is 3.62. The fraction of sp³-hybridized carbons (Fsp3) is 0.600. The summed E-state index contributed by atoms with van der Waals surface area (Å²) in [6.45, 7) is 3.50. The molecule has 1 aliphatic heterocycles. The molecule has 0 spiro atoms. The number of hydrogen-bond acceptors (Lipinski definition) is 2. The molecule has 1 aromatic rings. The molecule has 0 bridgehead atoms. The predicted molar refractivity (Wildman–Crippen MR) is 71.1 cm³/mol. The molecule has 0 amide bonds. The van der Waals surface area contributed by atoms with Crippen LogP contribution in [0.2, 0.25) is 0 Å². The van der Waals surface area contributed by atoms with Gasteiger partial charge in [0.15, 0.2) is 0 Å². The molecule has 0 saturated carbocycles. The van der Waals surface area contributed by atoms with Gasteiger partial charge in [0.1, 0.15) is 11.6 Å². The SMILES string of the molecule is CCNC(Cc1c(F)cccc1F)C1CCCCO1. The van der Waals surface area contributed by atoms with Crippen molar-refractivity contribution in [3.05, 3.63) is 35.4 Å². The second kappa shape index (κ2) is 6.96. The second-order valence-electron chi connectivity index (χ2n) is 4.97. The molecule has 1 heterocycles. The van der Waals surface area contributed by atoms with Crippen molar-refractivity contribution in [1.29, 1.82) is 0 Å². The molecule has 2 nitrogen and oxygen atoms in total. The van der Waals surface area contributed by atoms with E-state index >= 15 is 0 Å². The first-order valence-electron chi connectivity index (χ1n) is 7.00. The van der Waals surface area contributed by atoms with Crippen LogP contribution in [0.4, 0.5) is 8.78 Å². The molecule has 1 fully saturated rings. The van der Waals surface area contributed by atoms with Crippen LogP contribution in [-0.4, -0.2) is 25.3 Å². The molecule has 0 aromatic heterocycles. The van der Waals surface area contributed by atoms with E-state index in [0.717, 1.165) is 32.4 Å². The Morgan fingerprint density at radius 1 is 1.32 bits per heavy atom. The summed E-state index contributed by atoms with van der Waals surface area (Å²) < 4.78 is 33.2. The predicted octanol–water partition coefficient (Wildman–Crippen LogP) is 3.05. The van der Waals surface area contributed by atoms with E-state index in [1.54, 1.807) is 0 Å². The number of halogens is 2. The fourth-order valence-electron chi connectivity index (χ4n) is 2.63. The smallest absolute Gasteiger partial charge is 0.129 e. The Morgan fingerprint density at radius 2 is 2.05 bits per heavy atom. The van der Waals surface area contributed by atoms with E-state index in [9.17, 15) is 8.78 Å². The Bertz CT molecular complexity index is 385. The zero-order valence-corrected chi connectivity index (χ0v) is 11.3. The summed E-state index contributed by atoms with van der Waals surface area (Å²) in [5, 5.41) is 3.30. The molecule has 2 rings (SSSR count). The van der Waals surface area contributed by atoms with Crippen LogP contribution in [0, 0.1) is 11.6 Å². The number of likely N-dealkylation sites (N-methyl/N-ethyl adjacent to an activating group) is 1. The first kappa shape index (κ1) is 14.4. The maximum atomic E-state index is 13.7. The van der Waals surface area contributed by atoms with Crippen LogP contribution in [0.25, 0.3) is 0 Å². The minimum Gasteiger partial charge on any atom is -0.377 e. The van der Waals surface area contributed by atoms with E-state index in [0.29, 0.717) is 6.42 Å². The topological polar surface area (TPSA) is 21.3 Å². The van der Waals surface area contributed by atoms with Crippen molar-refractivity contribution in [3.8, 4) is 0 Å². The minimum absolute atomic E-state index is 0.0308. The molecule has 2 unspecified atom stereocenters. The van der Waals surface area contributed by atoms with E-state index in [1.807, 2.05) is 6.92 Å². The lowest BCUT2D eigenvalue weighted by atomic mass is 9.95. The molecule has 0 radical (unpaired) electrons. The summed E-state index contributed by atoms with van der Waals surface area (Å²) in [6, 6.07) is 3.98. The van der Waals surface area contributed by atoms with Crippen molar-refractivity contribution in [1.82, 2.24) is 5.32 Å². The van der Waals surface area contributed by atoms with Gasteiger partial charge in [0, 0.05) is 18.2 Å². The maximum absolute atomic E-state index is 13.7. The average Bonchev–Trinajstić information content (AvgIpc) is 2.43. The Labute approximate surface area is 113 Å². The van der Waals surface area contributed by atoms with Crippen LogP contribution < -0.4 is 5.32 Å². The standard InChI is InChI=1S/C15H21F2NO/c1-2-18-14(15-8-3-4-9-19-15)10-11-12(16)6-5-7-13(11)17/h5-7,14-15,18H,2-4,8-10H2,1H3. The molecule has 4 heteroatoms. The molecule has 1 N–H and O–H groups in total. The summed E-state index contributed by atoms with van der Waals surface area (Å²) in [5.41, 5.74) is 0.155. The van der Waals surface area contributed by atoms with Crippen molar-refractivity contribution in [2.45, 2.75) is 44.8 Å². The maximum Gasteiger partial charge on any atom is 0.129 e. The third-order valence-electron chi connectivity index (χ3n) is 3.62. The highest BCUT2D eigenvalue weighted by Gasteiger charge is 2.26. The number of rotatable bonds is 5. The largest absolute Gasteiger partial charge is 0.377 e. The van der Waals surface area contributed by atoms with E-state index in [-0.39, 0.29) is 17.7 Å². The third kappa shape index (κ3) is 3.74. The quantitative estimate of drug-likeness (QED) is 0.887. The first-order valence-corrected chi connectivity index (χ1v) is 7.00. The Morgan fingerprint density at radius 3 is 2.63 bits per heavy atom. The molecule has 1 saturated heterocycles. The Kier molecular flexibility index (Phi) is 5.28. The average molecular weight is 269 g/mol. The van der Waals surface area contributed by atoms with E-state index < -0.39 is 11.6 Å². The van der Waals surface area contributed by atoms with Crippen molar-refractivity contribution in [3.63, 3.8) is 0 Å². The monoisotopic (exact) mass is 269 g/mol. The van der Waals surface area contributed by atoms with Crippen molar-refractivity contribution >= 4 is 0 Å². The van der Waals surface area contributed by atoms with Gasteiger partial charge in [-0.1, -0.05) is 13.0 Å². The first-order chi connectivity index (χ1) is 9.22. The highest BCUT2D eigenvalue weighted by molar-refractivity contribution is 5.21. The molecule has 1 aromatic carbocycles. The van der Waals surface area contributed by atoms with Crippen molar-refractivity contribution in [2.24, 2.45) is 0 Å². The lowest BCUT2D eigenvalue weighted by Gasteiger charge is -2.31. The van der Waals surface area contributed by atoms with Crippen LogP contribution in [0.1, 0.15) is 31.7 Å². The van der Waals surface area contributed by atoms with Gasteiger partial charge in [-0.3, -0.25) is 0 Å². The number of benzene rings is 1. The molecular weight excluding hydrogens is 248 g/mol. The van der Waals surface area contributed by atoms with Gasteiger partial charge in [-0.15, -0.1) is 0 Å². The lowest BCUT2D eigenvalue weighted by Crippen LogP contribution is -2.44. The molecule has 2 atom stereocenters. The second-order valence-corrected chi connectivity index (χ2v) is 4.97. The number of hydrogen-bond donors (Lipinski definition) is 1. The molecular formula is C15H21F2NO. The summed E-state index contributed by atoms with van der Waals surface area (Å²) in [5.74, 6) is -0.947. The molecule has 106 valence electrons. The van der Waals surface area contributed by atoms with Gasteiger partial charge in [0.2, 0.25) is 0 Å². The summed E-state index contributed by atoms with van der Waals surface area (Å²) >= 11 is 0. The number of nitrogens with one attached hydrogen (secondary N) is 1. The molecule has 19 heavy (non-hydrogen) atoms. The Balaban J connectivity index is 2.11. The van der Waals surface area contributed by atoms with Crippen LogP contribution in [-0.2, 0) is 11.2 Å².